The average Bonchev–Trinajstić information content (AvgIpc) is 2.69. The summed E-state index contributed by atoms with van der Waals surface area (Å²) in [6.45, 7) is 0. The maximum atomic E-state index is 13.8. The monoisotopic (exact) mass is 369 g/mol. The number of hydrogen-bond acceptors (Lipinski definition) is 6. The molecule has 0 aliphatic rings. The van der Waals surface area contributed by atoms with E-state index in [-0.39, 0.29) is 34.8 Å². The summed E-state index contributed by atoms with van der Waals surface area (Å²) < 4.78 is 29.6. The second kappa shape index (κ2) is 8.13. The zero-order chi connectivity index (χ0) is 19.2. The lowest BCUT2D eigenvalue weighted by atomic mass is 10.2. The first-order chi connectivity index (χ1) is 13.1. The van der Waals surface area contributed by atoms with E-state index in [2.05, 4.69) is 15.3 Å². The summed E-state index contributed by atoms with van der Waals surface area (Å²) in [6, 6.07) is 13.8. The molecule has 0 aliphatic heterocycles. The van der Waals surface area contributed by atoms with Crippen LogP contribution in [0, 0.1) is 5.82 Å². The van der Waals surface area contributed by atoms with Crippen LogP contribution in [0.25, 0.3) is 0 Å². The Balaban J connectivity index is 1.88. The number of rotatable bonds is 6. The van der Waals surface area contributed by atoms with Crippen molar-refractivity contribution in [1.29, 1.82) is 0 Å². The van der Waals surface area contributed by atoms with Gasteiger partial charge < -0.3 is 19.5 Å². The van der Waals surface area contributed by atoms with Crippen molar-refractivity contribution in [3.8, 4) is 23.5 Å². The standard InChI is InChI=1S/C19H16FN3O4/c1-25-16-11-17(26-2)23-19(22-16)27-15-10-6-3-7-12(15)18(24)21-14-9-5-4-8-13(14)20/h3-11H,1-2H3,(H,21,24). The number of methoxy groups -OCH3 is 2. The Morgan fingerprint density at radius 3 is 2.26 bits per heavy atom. The number of ether oxygens (including phenoxy) is 3. The first-order valence-corrected chi connectivity index (χ1v) is 7.90. The van der Waals surface area contributed by atoms with E-state index in [1.165, 1.54) is 38.5 Å². The lowest BCUT2D eigenvalue weighted by Crippen LogP contribution is -2.14. The van der Waals surface area contributed by atoms with Gasteiger partial charge in [0.2, 0.25) is 11.8 Å². The van der Waals surface area contributed by atoms with E-state index in [1.807, 2.05) is 0 Å². The van der Waals surface area contributed by atoms with Crippen molar-refractivity contribution >= 4 is 11.6 Å². The van der Waals surface area contributed by atoms with Gasteiger partial charge in [-0.3, -0.25) is 4.79 Å². The molecule has 2 aromatic carbocycles. The third kappa shape index (κ3) is 4.30. The molecule has 0 aliphatic carbocycles. The molecule has 0 spiro atoms. The first kappa shape index (κ1) is 18.1. The molecule has 27 heavy (non-hydrogen) atoms. The van der Waals surface area contributed by atoms with Crippen LogP contribution in [0.2, 0.25) is 0 Å². The molecule has 0 saturated carbocycles. The molecule has 0 atom stereocenters. The topological polar surface area (TPSA) is 82.6 Å². The fraction of sp³-hybridized carbons (Fsp3) is 0.105. The highest BCUT2D eigenvalue weighted by atomic mass is 19.1. The largest absolute Gasteiger partial charge is 0.481 e. The molecule has 7 nitrogen and oxygen atoms in total. The Morgan fingerprint density at radius 2 is 1.59 bits per heavy atom. The lowest BCUT2D eigenvalue weighted by Gasteiger charge is -2.12. The van der Waals surface area contributed by atoms with Crippen molar-refractivity contribution in [2.24, 2.45) is 0 Å². The third-order valence-corrected chi connectivity index (χ3v) is 3.53. The van der Waals surface area contributed by atoms with Crippen LogP contribution < -0.4 is 19.5 Å². The number of nitrogens with one attached hydrogen (secondary N) is 1. The van der Waals surface area contributed by atoms with Gasteiger partial charge in [0, 0.05) is 0 Å². The van der Waals surface area contributed by atoms with E-state index >= 15 is 0 Å². The summed E-state index contributed by atoms with van der Waals surface area (Å²) in [5.74, 6) is -0.396. The number of benzene rings is 2. The van der Waals surface area contributed by atoms with Crippen LogP contribution >= 0.6 is 0 Å². The van der Waals surface area contributed by atoms with Gasteiger partial charge in [-0.1, -0.05) is 24.3 Å². The molecular weight excluding hydrogens is 353 g/mol. The number of carbonyl (C=O) groups is 1. The lowest BCUT2D eigenvalue weighted by molar-refractivity contribution is 0.102. The number of carbonyl (C=O) groups excluding carboxylic acids is 1. The molecule has 138 valence electrons. The summed E-state index contributed by atoms with van der Waals surface area (Å²) in [7, 11) is 2.89. The maximum Gasteiger partial charge on any atom is 0.328 e. The Hall–Kier alpha value is -3.68. The summed E-state index contributed by atoms with van der Waals surface area (Å²) in [5.41, 5.74) is 0.253. The van der Waals surface area contributed by atoms with E-state index in [0.717, 1.165) is 0 Å². The zero-order valence-electron chi connectivity index (χ0n) is 14.6. The van der Waals surface area contributed by atoms with Crippen LogP contribution in [0.15, 0.2) is 54.6 Å². The number of halogens is 1. The molecule has 0 fully saturated rings. The van der Waals surface area contributed by atoms with Gasteiger partial charge in [0.25, 0.3) is 5.91 Å². The molecule has 0 bridgehead atoms. The number of hydrogen-bond donors (Lipinski definition) is 1. The van der Waals surface area contributed by atoms with Crippen LogP contribution in [-0.2, 0) is 0 Å². The number of anilines is 1. The Labute approximate surface area is 154 Å². The van der Waals surface area contributed by atoms with Crippen molar-refractivity contribution in [1.82, 2.24) is 9.97 Å². The van der Waals surface area contributed by atoms with Crippen molar-refractivity contribution in [3.63, 3.8) is 0 Å². The average molecular weight is 369 g/mol. The maximum absolute atomic E-state index is 13.8. The minimum Gasteiger partial charge on any atom is -0.481 e. The van der Waals surface area contributed by atoms with Crippen molar-refractivity contribution < 1.29 is 23.4 Å². The second-order valence-electron chi connectivity index (χ2n) is 5.27. The molecule has 0 saturated heterocycles. The number of para-hydroxylation sites is 2. The van der Waals surface area contributed by atoms with Crippen LogP contribution in [0.4, 0.5) is 10.1 Å². The number of amides is 1. The highest BCUT2D eigenvalue weighted by Gasteiger charge is 2.16. The van der Waals surface area contributed by atoms with Gasteiger partial charge in [-0.15, -0.1) is 0 Å². The minimum atomic E-state index is -0.537. The smallest absolute Gasteiger partial charge is 0.328 e. The molecule has 1 amide bonds. The number of aromatic nitrogens is 2. The predicted octanol–water partition coefficient (Wildman–Crippen LogP) is 3.68. The molecular formula is C19H16FN3O4. The van der Waals surface area contributed by atoms with Gasteiger partial charge in [0.1, 0.15) is 11.6 Å². The van der Waals surface area contributed by atoms with E-state index in [0.29, 0.717) is 0 Å². The van der Waals surface area contributed by atoms with E-state index in [4.69, 9.17) is 14.2 Å². The van der Waals surface area contributed by atoms with Gasteiger partial charge in [0.15, 0.2) is 0 Å². The third-order valence-electron chi connectivity index (χ3n) is 3.53. The normalized spacial score (nSPS) is 10.2. The quantitative estimate of drug-likeness (QED) is 0.714. The van der Waals surface area contributed by atoms with E-state index < -0.39 is 11.7 Å². The van der Waals surface area contributed by atoms with Crippen molar-refractivity contribution in [2.75, 3.05) is 19.5 Å². The fourth-order valence-corrected chi connectivity index (χ4v) is 2.23. The Kier molecular flexibility index (Phi) is 5.46. The van der Waals surface area contributed by atoms with E-state index in [9.17, 15) is 9.18 Å². The predicted molar refractivity (Wildman–Crippen MR) is 96.0 cm³/mol. The Bertz CT molecular complexity index is 943. The molecule has 8 heteroatoms. The van der Waals surface area contributed by atoms with Crippen molar-refractivity contribution in [3.05, 3.63) is 66.0 Å². The molecule has 0 unspecified atom stereocenters. The van der Waals surface area contributed by atoms with Gasteiger partial charge in [-0.2, -0.15) is 9.97 Å². The van der Waals surface area contributed by atoms with Crippen LogP contribution in [-0.4, -0.2) is 30.1 Å². The molecule has 3 aromatic rings. The second-order valence-corrected chi connectivity index (χ2v) is 5.27. The summed E-state index contributed by atoms with van der Waals surface area (Å²) in [5, 5.41) is 2.51. The molecule has 3 rings (SSSR count). The summed E-state index contributed by atoms with van der Waals surface area (Å²) in [6.07, 6.45) is 0. The van der Waals surface area contributed by atoms with Gasteiger partial charge >= 0.3 is 6.01 Å². The molecule has 1 aromatic heterocycles. The van der Waals surface area contributed by atoms with Gasteiger partial charge in [0.05, 0.1) is 31.5 Å². The first-order valence-electron chi connectivity index (χ1n) is 7.90. The van der Waals surface area contributed by atoms with E-state index in [1.54, 1.807) is 30.3 Å². The van der Waals surface area contributed by atoms with Crippen molar-refractivity contribution in [2.45, 2.75) is 0 Å². The molecule has 1 N–H and O–H groups in total. The minimum absolute atomic E-state index is 0.0580. The SMILES string of the molecule is COc1cc(OC)nc(Oc2ccccc2C(=O)Nc2ccccc2F)n1. The zero-order valence-corrected chi connectivity index (χ0v) is 14.6. The number of nitrogens with zero attached hydrogens (tertiary/aromatic N) is 2. The van der Waals surface area contributed by atoms with Crippen LogP contribution in [0.1, 0.15) is 10.4 Å². The fourth-order valence-electron chi connectivity index (χ4n) is 2.23. The highest BCUT2D eigenvalue weighted by Crippen LogP contribution is 2.27. The Morgan fingerprint density at radius 1 is 0.963 bits per heavy atom. The van der Waals surface area contributed by atoms with Gasteiger partial charge in [-0.25, -0.2) is 4.39 Å². The molecule has 0 radical (unpaired) electrons. The summed E-state index contributed by atoms with van der Waals surface area (Å²) >= 11 is 0. The molecule has 1 heterocycles. The van der Waals surface area contributed by atoms with Gasteiger partial charge in [-0.05, 0) is 24.3 Å². The van der Waals surface area contributed by atoms with Crippen LogP contribution in [0.3, 0.4) is 0 Å². The van der Waals surface area contributed by atoms with Crippen LogP contribution in [0.5, 0.6) is 23.5 Å². The highest BCUT2D eigenvalue weighted by molar-refractivity contribution is 6.06. The summed E-state index contributed by atoms with van der Waals surface area (Å²) in [4.78, 5) is 20.7.